The van der Waals surface area contributed by atoms with Crippen LogP contribution in [0.3, 0.4) is 0 Å². The minimum Gasteiger partial charge on any atom is -0.352 e. The van der Waals surface area contributed by atoms with E-state index in [1.165, 1.54) is 5.56 Å². The van der Waals surface area contributed by atoms with Crippen LogP contribution in [0.25, 0.3) is 0 Å². The molecule has 4 rings (SSSR count). The lowest BCUT2D eigenvalue weighted by atomic mass is 9.81. The third-order valence-electron chi connectivity index (χ3n) is 8.81. The summed E-state index contributed by atoms with van der Waals surface area (Å²) >= 11 is 0. The molecule has 2 fully saturated rings. The zero-order valence-electron chi connectivity index (χ0n) is 22.8. The van der Waals surface area contributed by atoms with Crippen LogP contribution in [-0.2, 0) is 16.6 Å². The van der Waals surface area contributed by atoms with E-state index in [4.69, 9.17) is 0 Å². The second kappa shape index (κ2) is 11.8. The highest BCUT2D eigenvalue weighted by molar-refractivity contribution is 7.89. The molecule has 0 spiro atoms. The lowest BCUT2D eigenvalue weighted by molar-refractivity contribution is -0.184. The highest BCUT2D eigenvalue weighted by atomic mass is 32.2. The number of rotatable bonds is 8. The van der Waals surface area contributed by atoms with Gasteiger partial charge in [0.25, 0.3) is 5.91 Å². The smallest absolute Gasteiger partial charge is 0.352 e. The Morgan fingerprint density at radius 3 is 2.29 bits per heavy atom. The van der Waals surface area contributed by atoms with Crippen molar-refractivity contribution in [2.75, 3.05) is 31.9 Å². The number of carbonyl (C=O) groups is 1. The maximum absolute atomic E-state index is 13.1. The van der Waals surface area contributed by atoms with Gasteiger partial charge in [-0.25, -0.2) is 12.7 Å². The van der Waals surface area contributed by atoms with Gasteiger partial charge in [-0.15, -0.1) is 0 Å². The molecule has 0 radical (unpaired) electrons. The summed E-state index contributed by atoms with van der Waals surface area (Å²) in [7, 11) is -3.16. The first-order valence-corrected chi connectivity index (χ1v) is 15.7. The molecule has 3 aliphatic rings. The zero-order chi connectivity index (χ0) is 27.7. The normalized spacial score (nSPS) is 26.0. The van der Waals surface area contributed by atoms with Crippen molar-refractivity contribution in [1.29, 1.82) is 0 Å². The van der Waals surface area contributed by atoms with E-state index in [1.807, 2.05) is 18.2 Å². The van der Waals surface area contributed by atoms with Crippen LogP contribution >= 0.6 is 0 Å². The minimum atomic E-state index is -4.08. The first-order valence-electron chi connectivity index (χ1n) is 14.1. The molecule has 1 aromatic rings. The van der Waals surface area contributed by atoms with Crippen molar-refractivity contribution in [1.82, 2.24) is 14.5 Å². The third kappa shape index (κ3) is 6.73. The van der Waals surface area contributed by atoms with Gasteiger partial charge in [-0.1, -0.05) is 19.9 Å². The number of sulfonamides is 1. The fourth-order valence-electron chi connectivity index (χ4n) is 6.56. The molecule has 1 saturated carbocycles. The number of hydrogen-bond acceptors (Lipinski definition) is 4. The molecule has 2 aliphatic heterocycles. The number of benzene rings is 1. The standard InChI is InChI=1S/C28H42F3N3O3S/c1-4-38(36,37)34-13-11-20(12-14-34)16-32-27(35)22-7-10-25-23(15-22)18-33(26(25)19(2)3)17-21-5-8-24(9-6-21)28(29,30)31/h7,10,15,19-21,24,26H,4-6,8-9,11-14,16-18H2,1-3H3,(H,32,35). The number of carbonyl (C=O) groups excluding carboxylic acids is 1. The molecule has 0 aromatic heterocycles. The fraction of sp³-hybridized carbons (Fsp3) is 0.750. The monoisotopic (exact) mass is 557 g/mol. The van der Waals surface area contributed by atoms with Gasteiger partial charge in [-0.05, 0) is 86.5 Å². The summed E-state index contributed by atoms with van der Waals surface area (Å²) in [5, 5.41) is 3.04. The Balaban J connectivity index is 1.32. The van der Waals surface area contributed by atoms with Crippen molar-refractivity contribution in [2.45, 2.75) is 78.1 Å². The average molecular weight is 558 g/mol. The first-order chi connectivity index (χ1) is 17.9. The Morgan fingerprint density at radius 2 is 1.71 bits per heavy atom. The Bertz CT molecular complexity index is 1080. The van der Waals surface area contributed by atoms with E-state index in [2.05, 4.69) is 24.1 Å². The predicted molar refractivity (Wildman–Crippen MR) is 142 cm³/mol. The molecular weight excluding hydrogens is 515 g/mol. The SMILES string of the molecule is CCS(=O)(=O)N1CCC(CNC(=O)c2ccc3c(c2)CN(CC2CCC(C(F)(F)F)CC2)C3C(C)C)CC1. The van der Waals surface area contributed by atoms with Crippen molar-refractivity contribution in [3.8, 4) is 0 Å². The van der Waals surface area contributed by atoms with Crippen LogP contribution in [0.15, 0.2) is 18.2 Å². The third-order valence-corrected chi connectivity index (χ3v) is 10.7. The zero-order valence-corrected chi connectivity index (χ0v) is 23.6. The Morgan fingerprint density at radius 1 is 1.05 bits per heavy atom. The molecule has 1 atom stereocenters. The maximum atomic E-state index is 13.1. The number of hydrogen-bond donors (Lipinski definition) is 1. The number of nitrogens with zero attached hydrogens (tertiary/aromatic N) is 2. The summed E-state index contributed by atoms with van der Waals surface area (Å²) in [6.45, 7) is 9.02. The minimum absolute atomic E-state index is 0.112. The quantitative estimate of drug-likeness (QED) is 0.467. The second-order valence-corrected chi connectivity index (χ2v) is 14.0. The van der Waals surface area contributed by atoms with Crippen molar-refractivity contribution in [2.24, 2.45) is 23.7 Å². The Hall–Kier alpha value is -1.65. The first kappa shape index (κ1) is 29.3. The second-order valence-electron chi connectivity index (χ2n) is 11.7. The molecule has 1 aromatic carbocycles. The Labute approximate surface area is 225 Å². The Kier molecular flexibility index (Phi) is 9.14. The molecule has 1 N–H and O–H groups in total. The van der Waals surface area contributed by atoms with E-state index in [0.717, 1.165) is 24.9 Å². The topological polar surface area (TPSA) is 69.7 Å². The van der Waals surface area contributed by atoms with Gasteiger partial charge >= 0.3 is 6.18 Å². The van der Waals surface area contributed by atoms with E-state index in [0.29, 0.717) is 50.5 Å². The van der Waals surface area contributed by atoms with Crippen molar-refractivity contribution in [3.63, 3.8) is 0 Å². The molecule has 1 amide bonds. The van der Waals surface area contributed by atoms with Crippen LogP contribution in [0, 0.1) is 23.7 Å². The van der Waals surface area contributed by atoms with E-state index < -0.39 is 22.1 Å². The molecule has 0 bridgehead atoms. The van der Waals surface area contributed by atoms with Crippen LogP contribution in [0.2, 0.25) is 0 Å². The molecule has 1 unspecified atom stereocenters. The van der Waals surface area contributed by atoms with Crippen LogP contribution in [-0.4, -0.2) is 61.6 Å². The highest BCUT2D eigenvalue weighted by Crippen LogP contribution is 2.43. The summed E-state index contributed by atoms with van der Waals surface area (Å²) in [5.41, 5.74) is 2.95. The highest BCUT2D eigenvalue weighted by Gasteiger charge is 2.42. The van der Waals surface area contributed by atoms with E-state index in [9.17, 15) is 26.4 Å². The van der Waals surface area contributed by atoms with Crippen LogP contribution in [0.4, 0.5) is 13.2 Å². The number of fused-ring (bicyclic) bond motifs is 1. The summed E-state index contributed by atoms with van der Waals surface area (Å²) in [4.78, 5) is 15.4. The van der Waals surface area contributed by atoms with Gasteiger partial charge in [-0.2, -0.15) is 13.2 Å². The van der Waals surface area contributed by atoms with Crippen molar-refractivity contribution < 1.29 is 26.4 Å². The number of halogens is 3. The number of alkyl halides is 3. The van der Waals surface area contributed by atoms with E-state index in [1.54, 1.807) is 11.2 Å². The van der Waals surface area contributed by atoms with Crippen LogP contribution in [0.5, 0.6) is 0 Å². The van der Waals surface area contributed by atoms with Gasteiger partial charge < -0.3 is 5.32 Å². The summed E-state index contributed by atoms with van der Waals surface area (Å²) < 4.78 is 64.9. The predicted octanol–water partition coefficient (Wildman–Crippen LogP) is 5.36. The molecule has 10 heteroatoms. The summed E-state index contributed by atoms with van der Waals surface area (Å²) in [6, 6.07) is 6.09. The van der Waals surface area contributed by atoms with E-state index in [-0.39, 0.29) is 42.4 Å². The van der Waals surface area contributed by atoms with Crippen molar-refractivity contribution in [3.05, 3.63) is 34.9 Å². The van der Waals surface area contributed by atoms with Gasteiger partial charge in [-0.3, -0.25) is 9.69 Å². The van der Waals surface area contributed by atoms with Crippen molar-refractivity contribution >= 4 is 15.9 Å². The molecule has 6 nitrogen and oxygen atoms in total. The van der Waals surface area contributed by atoms with Gasteiger partial charge in [0, 0.05) is 44.3 Å². The van der Waals surface area contributed by atoms with Crippen LogP contribution in [0.1, 0.15) is 86.8 Å². The molecule has 1 saturated heterocycles. The van der Waals surface area contributed by atoms with Crippen LogP contribution < -0.4 is 5.32 Å². The lowest BCUT2D eigenvalue weighted by Gasteiger charge is -2.35. The number of piperidine rings is 1. The van der Waals surface area contributed by atoms with Gasteiger partial charge in [0.2, 0.25) is 10.0 Å². The molecule has 2 heterocycles. The van der Waals surface area contributed by atoms with Gasteiger partial charge in [0.1, 0.15) is 0 Å². The maximum Gasteiger partial charge on any atom is 0.391 e. The van der Waals surface area contributed by atoms with Gasteiger partial charge in [0.15, 0.2) is 0 Å². The lowest BCUT2D eigenvalue weighted by Crippen LogP contribution is -2.42. The average Bonchev–Trinajstić information content (AvgIpc) is 3.24. The number of nitrogens with one attached hydrogen (secondary N) is 1. The molecular formula is C28H42F3N3O3S. The van der Waals surface area contributed by atoms with Gasteiger partial charge in [0.05, 0.1) is 11.7 Å². The molecule has 214 valence electrons. The fourth-order valence-corrected chi connectivity index (χ4v) is 7.69. The summed E-state index contributed by atoms with van der Waals surface area (Å²) in [5.74, 6) is -0.295. The number of amides is 1. The molecule has 38 heavy (non-hydrogen) atoms. The largest absolute Gasteiger partial charge is 0.391 e. The van der Waals surface area contributed by atoms with E-state index >= 15 is 0 Å². The summed E-state index contributed by atoms with van der Waals surface area (Å²) in [6.07, 6.45) is -0.950. The molecule has 1 aliphatic carbocycles.